The molecule has 0 heterocycles. The summed E-state index contributed by atoms with van der Waals surface area (Å²) >= 11 is 0. The zero-order valence-corrected chi connectivity index (χ0v) is 18.3. The molecule has 0 aromatic heterocycles. The Bertz CT molecular complexity index is 665. The maximum atomic E-state index is 12.1. The van der Waals surface area contributed by atoms with Crippen LogP contribution in [0.4, 0.5) is 0 Å². The molecule has 0 spiro atoms. The summed E-state index contributed by atoms with van der Waals surface area (Å²) in [7, 11) is 0. The molecule has 4 saturated carbocycles. The third-order valence-electron chi connectivity index (χ3n) is 9.52. The lowest BCUT2D eigenvalue weighted by Crippen LogP contribution is -2.61. The lowest BCUT2D eigenvalue weighted by molar-refractivity contribution is -0.195. The molecule has 0 aromatic carbocycles. The molecule has 4 aliphatic carbocycles. The normalized spacial score (nSPS) is 48.4. The van der Waals surface area contributed by atoms with E-state index in [4.69, 9.17) is 10.6 Å². The van der Waals surface area contributed by atoms with Gasteiger partial charge in [0, 0.05) is 5.41 Å². The number of nitrogens with two attached hydrogens (primary N) is 1. The van der Waals surface area contributed by atoms with E-state index in [9.17, 15) is 10.2 Å². The van der Waals surface area contributed by atoms with Crippen LogP contribution in [0.15, 0.2) is 16.8 Å². The quantitative estimate of drug-likeness (QED) is 0.370. The molecule has 0 amide bonds. The maximum absolute atomic E-state index is 12.1. The van der Waals surface area contributed by atoms with Crippen molar-refractivity contribution in [1.82, 2.24) is 0 Å². The van der Waals surface area contributed by atoms with E-state index >= 15 is 0 Å². The van der Waals surface area contributed by atoms with Crippen molar-refractivity contribution in [1.29, 1.82) is 0 Å². The van der Waals surface area contributed by atoms with Gasteiger partial charge in [0.15, 0.2) is 0 Å². The summed E-state index contributed by atoms with van der Waals surface area (Å²) < 4.78 is 0. The molecule has 0 unspecified atom stereocenters. The smallest absolute Gasteiger partial charge is 0.118 e. The molecule has 0 aliphatic heterocycles. The first-order valence-electron chi connectivity index (χ1n) is 11.8. The van der Waals surface area contributed by atoms with Crippen LogP contribution in [-0.4, -0.2) is 41.3 Å². The van der Waals surface area contributed by atoms with Gasteiger partial charge in [-0.2, -0.15) is 0 Å². The molecule has 4 N–H and O–H groups in total. The number of aliphatic hydroxyl groups excluding tert-OH is 1. The maximum Gasteiger partial charge on any atom is 0.118 e. The van der Waals surface area contributed by atoms with E-state index in [1.165, 1.54) is 12.0 Å². The second-order valence-corrected chi connectivity index (χ2v) is 10.6. The number of aliphatic hydroxyl groups is 2. The van der Waals surface area contributed by atoms with Crippen molar-refractivity contribution in [3.8, 4) is 0 Å². The fourth-order valence-electron chi connectivity index (χ4n) is 7.68. The molecule has 5 nitrogen and oxygen atoms in total. The van der Waals surface area contributed by atoms with Gasteiger partial charge < -0.3 is 20.8 Å². The van der Waals surface area contributed by atoms with E-state index in [1.807, 2.05) is 0 Å². The van der Waals surface area contributed by atoms with Gasteiger partial charge >= 0.3 is 0 Å². The van der Waals surface area contributed by atoms with Crippen LogP contribution in [0.1, 0.15) is 78.1 Å². The van der Waals surface area contributed by atoms with Gasteiger partial charge in [-0.1, -0.05) is 24.6 Å². The Balaban J connectivity index is 1.52. The Labute approximate surface area is 175 Å². The summed E-state index contributed by atoms with van der Waals surface area (Å²) in [4.78, 5) is 5.26. The topological polar surface area (TPSA) is 88.1 Å². The van der Waals surface area contributed by atoms with Gasteiger partial charge in [-0.25, -0.2) is 0 Å². The van der Waals surface area contributed by atoms with Gasteiger partial charge in [0.2, 0.25) is 0 Å². The SMILES string of the molecule is C[C@]12CC[C@H](O)C[C@H]1CC[C@@H]1[C@@H]2CC[C@]2(C)/C(=C/C=N/OCCCN)CC[C@]12O. The van der Waals surface area contributed by atoms with Crippen LogP contribution < -0.4 is 5.73 Å². The molecule has 7 atom stereocenters. The zero-order valence-electron chi connectivity index (χ0n) is 18.3. The Kier molecular flexibility index (Phi) is 5.86. The molecule has 5 heteroatoms. The highest BCUT2D eigenvalue weighted by molar-refractivity contribution is 5.72. The van der Waals surface area contributed by atoms with Crippen molar-refractivity contribution in [2.24, 2.45) is 39.5 Å². The number of hydrogen-bond donors (Lipinski definition) is 3. The Morgan fingerprint density at radius 3 is 2.76 bits per heavy atom. The summed E-state index contributed by atoms with van der Waals surface area (Å²) in [6.45, 7) is 5.91. The molecule has 0 saturated heterocycles. The van der Waals surface area contributed by atoms with Gasteiger partial charge in [-0.05, 0) is 100.0 Å². The third kappa shape index (κ3) is 3.37. The standard InChI is InChI=1S/C24H40N2O3/c1-22-10-7-19(27)16-18(22)4-5-21-20(22)8-11-23(2)17(6-12-24(21,23)28)9-14-26-29-15-3-13-25/h9,14,18-21,27-28H,3-8,10-13,15-16,25H2,1-2H3/b17-9+,26-14+/t18-,19+,20+,21-,22+,23-,24+/m1/s1. The number of fused-ring (bicyclic) bond motifs is 5. The number of nitrogens with zero attached hydrogens (tertiary/aromatic N) is 1. The van der Waals surface area contributed by atoms with Crippen molar-refractivity contribution in [2.45, 2.75) is 89.8 Å². The highest BCUT2D eigenvalue weighted by Crippen LogP contribution is 2.68. The zero-order chi connectivity index (χ0) is 20.7. The second-order valence-electron chi connectivity index (χ2n) is 10.6. The lowest BCUT2D eigenvalue weighted by atomic mass is 9.43. The summed E-state index contributed by atoms with van der Waals surface area (Å²) in [5.41, 5.74) is 6.32. The first-order valence-corrected chi connectivity index (χ1v) is 11.8. The molecule has 29 heavy (non-hydrogen) atoms. The van der Waals surface area contributed by atoms with E-state index in [1.54, 1.807) is 6.21 Å². The number of allylic oxidation sites excluding steroid dienone is 1. The van der Waals surface area contributed by atoms with Crippen molar-refractivity contribution in [2.75, 3.05) is 13.2 Å². The molecular weight excluding hydrogens is 364 g/mol. The Morgan fingerprint density at radius 2 is 1.97 bits per heavy atom. The van der Waals surface area contributed by atoms with Crippen molar-refractivity contribution >= 4 is 6.21 Å². The van der Waals surface area contributed by atoms with Gasteiger partial charge in [0.25, 0.3) is 0 Å². The highest BCUT2D eigenvalue weighted by Gasteiger charge is 2.65. The van der Waals surface area contributed by atoms with Crippen LogP contribution in [0, 0.1) is 28.6 Å². The van der Waals surface area contributed by atoms with Gasteiger partial charge in [0.1, 0.15) is 6.61 Å². The minimum atomic E-state index is -0.611. The van der Waals surface area contributed by atoms with Gasteiger partial charge in [-0.3, -0.25) is 0 Å². The van der Waals surface area contributed by atoms with E-state index in [0.717, 1.165) is 57.8 Å². The van der Waals surface area contributed by atoms with Gasteiger partial charge in [-0.15, -0.1) is 0 Å². The van der Waals surface area contributed by atoms with Crippen LogP contribution in [0.3, 0.4) is 0 Å². The van der Waals surface area contributed by atoms with Crippen LogP contribution in [0.25, 0.3) is 0 Å². The minimum Gasteiger partial charge on any atom is -0.396 e. The molecule has 0 radical (unpaired) electrons. The third-order valence-corrected chi connectivity index (χ3v) is 9.52. The summed E-state index contributed by atoms with van der Waals surface area (Å²) in [5.74, 6) is 1.58. The van der Waals surface area contributed by atoms with Crippen LogP contribution in [0.2, 0.25) is 0 Å². The van der Waals surface area contributed by atoms with E-state index < -0.39 is 5.60 Å². The van der Waals surface area contributed by atoms with Crippen LogP contribution >= 0.6 is 0 Å². The van der Waals surface area contributed by atoms with Gasteiger partial charge in [0.05, 0.1) is 17.9 Å². The molecular formula is C24H40N2O3. The fraction of sp³-hybridized carbons (Fsp3) is 0.875. The fourth-order valence-corrected chi connectivity index (χ4v) is 7.68. The molecule has 4 fully saturated rings. The predicted octanol–water partition coefficient (Wildman–Crippen LogP) is 3.78. The molecule has 164 valence electrons. The first kappa shape index (κ1) is 21.3. The van der Waals surface area contributed by atoms with Crippen LogP contribution in [-0.2, 0) is 4.84 Å². The second kappa shape index (κ2) is 7.97. The van der Waals surface area contributed by atoms with E-state index in [2.05, 4.69) is 25.1 Å². The number of rotatable bonds is 5. The number of oxime groups is 1. The van der Waals surface area contributed by atoms with Crippen molar-refractivity contribution in [3.05, 3.63) is 11.6 Å². The average Bonchev–Trinajstić information content (AvgIpc) is 2.96. The first-order chi connectivity index (χ1) is 13.8. The molecule has 4 rings (SSSR count). The minimum absolute atomic E-state index is 0.117. The van der Waals surface area contributed by atoms with Crippen molar-refractivity contribution < 1.29 is 15.1 Å². The Morgan fingerprint density at radius 1 is 1.14 bits per heavy atom. The summed E-state index contributed by atoms with van der Waals surface area (Å²) in [6.07, 6.45) is 13.8. The molecule has 4 aliphatic rings. The average molecular weight is 405 g/mol. The monoisotopic (exact) mass is 404 g/mol. The van der Waals surface area contributed by atoms with E-state index in [-0.39, 0.29) is 16.9 Å². The molecule has 0 aromatic rings. The lowest BCUT2D eigenvalue weighted by Gasteiger charge is -2.63. The number of hydrogen-bond acceptors (Lipinski definition) is 5. The highest BCUT2D eigenvalue weighted by atomic mass is 16.6. The predicted molar refractivity (Wildman–Crippen MR) is 115 cm³/mol. The van der Waals surface area contributed by atoms with E-state index in [0.29, 0.717) is 30.9 Å². The van der Waals surface area contributed by atoms with Crippen molar-refractivity contribution in [3.63, 3.8) is 0 Å². The molecule has 0 bridgehead atoms. The summed E-state index contributed by atoms with van der Waals surface area (Å²) in [6, 6.07) is 0. The summed E-state index contributed by atoms with van der Waals surface area (Å²) in [5, 5.41) is 26.3. The van der Waals surface area contributed by atoms with Crippen LogP contribution in [0.5, 0.6) is 0 Å². The largest absolute Gasteiger partial charge is 0.396 e. The Hall–Kier alpha value is -0.910.